The minimum atomic E-state index is -0.373. The van der Waals surface area contributed by atoms with Crippen molar-refractivity contribution in [2.24, 2.45) is 0 Å². The number of rotatable bonds is 9. The van der Waals surface area contributed by atoms with Crippen molar-refractivity contribution in [1.82, 2.24) is 10.2 Å². The molecule has 0 aliphatic carbocycles. The third-order valence-electron chi connectivity index (χ3n) is 3.76. The average molecular weight is 264 g/mol. The Kier molecular flexibility index (Phi) is 7.06. The van der Waals surface area contributed by atoms with E-state index in [9.17, 15) is 5.11 Å². The molecule has 2 N–H and O–H groups in total. The van der Waals surface area contributed by atoms with Crippen molar-refractivity contribution in [2.45, 2.75) is 31.7 Å². The molecular formula is C16H28N2O. The number of nitrogens with zero attached hydrogens (tertiary/aromatic N) is 1. The molecule has 0 heterocycles. The summed E-state index contributed by atoms with van der Waals surface area (Å²) in [5.74, 6) is 0. The molecule has 0 spiro atoms. The van der Waals surface area contributed by atoms with Crippen molar-refractivity contribution in [2.75, 3.05) is 33.8 Å². The first-order chi connectivity index (χ1) is 9.18. The van der Waals surface area contributed by atoms with Gasteiger partial charge in [-0.2, -0.15) is 0 Å². The molecule has 19 heavy (non-hydrogen) atoms. The third kappa shape index (κ3) is 4.60. The highest BCUT2D eigenvalue weighted by Gasteiger charge is 2.30. The average Bonchev–Trinajstić information content (AvgIpc) is 2.46. The van der Waals surface area contributed by atoms with E-state index in [1.807, 2.05) is 25.2 Å². The van der Waals surface area contributed by atoms with Crippen LogP contribution in [0.5, 0.6) is 0 Å². The summed E-state index contributed by atoms with van der Waals surface area (Å²) in [5, 5.41) is 13.2. The van der Waals surface area contributed by atoms with Crippen LogP contribution in [0.3, 0.4) is 0 Å². The molecule has 108 valence electrons. The number of aliphatic hydroxyl groups excluding tert-OH is 1. The molecule has 0 radical (unpaired) electrons. The molecular weight excluding hydrogens is 236 g/mol. The highest BCUT2D eigenvalue weighted by atomic mass is 16.3. The van der Waals surface area contributed by atoms with Gasteiger partial charge in [0.15, 0.2) is 0 Å². The molecule has 0 saturated carbocycles. The molecule has 1 atom stereocenters. The minimum absolute atomic E-state index is 0.103. The smallest absolute Gasteiger partial charge is 0.0795 e. The van der Waals surface area contributed by atoms with E-state index in [1.165, 1.54) is 19.3 Å². The van der Waals surface area contributed by atoms with Crippen LogP contribution in [0.2, 0.25) is 0 Å². The summed E-state index contributed by atoms with van der Waals surface area (Å²) in [6.45, 7) is 4.21. The summed E-state index contributed by atoms with van der Waals surface area (Å²) in [5.41, 5.74) is 0.768. The SMILES string of the molecule is CCCCCN(C)CC(CO)(NC)c1ccccc1. The molecule has 0 aliphatic rings. The van der Waals surface area contributed by atoms with Gasteiger partial charge in [-0.25, -0.2) is 0 Å². The Morgan fingerprint density at radius 1 is 1.21 bits per heavy atom. The van der Waals surface area contributed by atoms with Gasteiger partial charge in [-0.1, -0.05) is 50.1 Å². The second kappa shape index (κ2) is 8.31. The van der Waals surface area contributed by atoms with Crippen molar-refractivity contribution in [1.29, 1.82) is 0 Å². The van der Waals surface area contributed by atoms with Crippen molar-refractivity contribution in [3.8, 4) is 0 Å². The lowest BCUT2D eigenvalue weighted by atomic mass is 9.90. The fourth-order valence-electron chi connectivity index (χ4n) is 2.46. The van der Waals surface area contributed by atoms with Gasteiger partial charge in [0.2, 0.25) is 0 Å². The number of nitrogens with one attached hydrogen (secondary N) is 1. The van der Waals surface area contributed by atoms with Crippen LogP contribution in [-0.4, -0.2) is 43.8 Å². The predicted molar refractivity (Wildman–Crippen MR) is 81.3 cm³/mol. The zero-order valence-corrected chi connectivity index (χ0v) is 12.5. The van der Waals surface area contributed by atoms with Crippen LogP contribution >= 0.6 is 0 Å². The fourth-order valence-corrected chi connectivity index (χ4v) is 2.46. The summed E-state index contributed by atoms with van der Waals surface area (Å²) in [6, 6.07) is 10.2. The van der Waals surface area contributed by atoms with Crippen LogP contribution in [0.4, 0.5) is 0 Å². The Hall–Kier alpha value is -0.900. The molecule has 0 saturated heterocycles. The summed E-state index contributed by atoms with van der Waals surface area (Å²) in [7, 11) is 4.05. The normalized spacial score (nSPS) is 14.6. The predicted octanol–water partition coefficient (Wildman–Crippen LogP) is 2.22. The Balaban J connectivity index is 2.71. The maximum atomic E-state index is 9.86. The van der Waals surface area contributed by atoms with E-state index < -0.39 is 0 Å². The van der Waals surface area contributed by atoms with Crippen LogP contribution in [0.15, 0.2) is 30.3 Å². The number of unbranched alkanes of at least 4 members (excludes halogenated alkanes) is 2. The highest BCUT2D eigenvalue weighted by molar-refractivity contribution is 5.25. The quantitative estimate of drug-likeness (QED) is 0.671. The zero-order valence-electron chi connectivity index (χ0n) is 12.5. The lowest BCUT2D eigenvalue weighted by Gasteiger charge is -2.36. The van der Waals surface area contributed by atoms with E-state index in [0.717, 1.165) is 18.7 Å². The number of aliphatic hydroxyl groups is 1. The minimum Gasteiger partial charge on any atom is -0.394 e. The van der Waals surface area contributed by atoms with Gasteiger partial charge >= 0.3 is 0 Å². The molecule has 0 bridgehead atoms. The second-order valence-corrected chi connectivity index (χ2v) is 5.30. The molecule has 0 amide bonds. The van der Waals surface area contributed by atoms with Crippen LogP contribution < -0.4 is 5.32 Å². The van der Waals surface area contributed by atoms with Gasteiger partial charge in [-0.15, -0.1) is 0 Å². The monoisotopic (exact) mass is 264 g/mol. The van der Waals surface area contributed by atoms with Gasteiger partial charge in [0.25, 0.3) is 0 Å². The summed E-state index contributed by atoms with van der Waals surface area (Å²) in [6.07, 6.45) is 3.72. The maximum Gasteiger partial charge on any atom is 0.0795 e. The summed E-state index contributed by atoms with van der Waals surface area (Å²) >= 11 is 0. The first kappa shape index (κ1) is 16.2. The van der Waals surface area contributed by atoms with Crippen LogP contribution in [0.25, 0.3) is 0 Å². The molecule has 3 nitrogen and oxygen atoms in total. The third-order valence-corrected chi connectivity index (χ3v) is 3.76. The second-order valence-electron chi connectivity index (χ2n) is 5.30. The molecule has 1 aromatic rings. The Morgan fingerprint density at radius 3 is 2.42 bits per heavy atom. The Labute approximate surface area is 117 Å². The number of benzene rings is 1. The molecule has 1 aromatic carbocycles. The van der Waals surface area contributed by atoms with Gasteiger partial charge in [0.05, 0.1) is 12.1 Å². The topological polar surface area (TPSA) is 35.5 Å². The van der Waals surface area contributed by atoms with E-state index in [-0.39, 0.29) is 12.1 Å². The highest BCUT2D eigenvalue weighted by Crippen LogP contribution is 2.21. The fraction of sp³-hybridized carbons (Fsp3) is 0.625. The molecule has 0 aromatic heterocycles. The van der Waals surface area contributed by atoms with Crippen molar-refractivity contribution >= 4 is 0 Å². The lowest BCUT2D eigenvalue weighted by molar-refractivity contribution is 0.124. The van der Waals surface area contributed by atoms with Crippen molar-refractivity contribution in [3.63, 3.8) is 0 Å². The summed E-state index contributed by atoms with van der Waals surface area (Å²) in [4.78, 5) is 2.30. The molecule has 0 aliphatic heterocycles. The van der Waals surface area contributed by atoms with E-state index in [2.05, 4.69) is 36.3 Å². The van der Waals surface area contributed by atoms with E-state index in [1.54, 1.807) is 0 Å². The Morgan fingerprint density at radius 2 is 1.89 bits per heavy atom. The number of likely N-dealkylation sites (N-methyl/N-ethyl adjacent to an activating group) is 2. The number of hydrogen-bond donors (Lipinski definition) is 2. The zero-order chi connectivity index (χ0) is 14.1. The Bertz CT molecular complexity index is 336. The molecule has 3 heteroatoms. The van der Waals surface area contributed by atoms with Gasteiger partial charge in [0, 0.05) is 6.54 Å². The van der Waals surface area contributed by atoms with Gasteiger partial charge < -0.3 is 15.3 Å². The lowest BCUT2D eigenvalue weighted by Crippen LogP contribution is -2.51. The van der Waals surface area contributed by atoms with Crippen LogP contribution in [0.1, 0.15) is 31.7 Å². The molecule has 1 unspecified atom stereocenters. The van der Waals surface area contributed by atoms with E-state index in [4.69, 9.17) is 0 Å². The van der Waals surface area contributed by atoms with Crippen LogP contribution in [-0.2, 0) is 5.54 Å². The van der Waals surface area contributed by atoms with Crippen molar-refractivity contribution < 1.29 is 5.11 Å². The van der Waals surface area contributed by atoms with Crippen molar-refractivity contribution in [3.05, 3.63) is 35.9 Å². The van der Waals surface area contributed by atoms with Crippen LogP contribution in [0, 0.1) is 0 Å². The standard InChI is InChI=1S/C16H28N2O/c1-4-5-9-12-18(3)13-16(14-19,17-2)15-10-7-6-8-11-15/h6-8,10-11,17,19H,4-5,9,12-14H2,1-3H3. The molecule has 1 rings (SSSR count). The van der Waals surface area contributed by atoms with Gasteiger partial charge in [-0.05, 0) is 32.6 Å². The summed E-state index contributed by atoms with van der Waals surface area (Å²) < 4.78 is 0. The van der Waals surface area contributed by atoms with E-state index in [0.29, 0.717) is 0 Å². The maximum absolute atomic E-state index is 9.86. The first-order valence-electron chi connectivity index (χ1n) is 7.22. The largest absolute Gasteiger partial charge is 0.394 e. The molecule has 0 fully saturated rings. The van der Waals surface area contributed by atoms with Gasteiger partial charge in [-0.3, -0.25) is 0 Å². The van der Waals surface area contributed by atoms with Gasteiger partial charge in [0.1, 0.15) is 0 Å². The van der Waals surface area contributed by atoms with E-state index >= 15 is 0 Å². The first-order valence-corrected chi connectivity index (χ1v) is 7.22. The number of hydrogen-bond acceptors (Lipinski definition) is 3.